The minimum atomic E-state index is 0.873. The van der Waals surface area contributed by atoms with Crippen molar-refractivity contribution in [2.75, 3.05) is 0 Å². The molecular weight excluding hydrogens is 108 g/mol. The third kappa shape index (κ3) is 1.47. The van der Waals surface area contributed by atoms with Crippen molar-refractivity contribution in [3.8, 4) is 0 Å². The molecule has 1 aliphatic carbocycles. The van der Waals surface area contributed by atoms with E-state index in [0.717, 1.165) is 23.7 Å². The zero-order valence-corrected chi connectivity index (χ0v) is 6.89. The van der Waals surface area contributed by atoms with E-state index in [-0.39, 0.29) is 0 Å². The molecule has 0 N–H and O–H groups in total. The Hall–Kier alpha value is 0. The highest BCUT2D eigenvalue weighted by Gasteiger charge is 2.41. The lowest BCUT2D eigenvalue weighted by molar-refractivity contribution is 0.448. The zero-order chi connectivity index (χ0) is 7.02. The molecule has 1 fully saturated rings. The molecule has 1 radical (unpaired) electrons. The summed E-state index contributed by atoms with van der Waals surface area (Å²) in [5, 5.41) is 0. The highest BCUT2D eigenvalue weighted by molar-refractivity contribution is 5.07. The maximum atomic E-state index is 2.48. The van der Waals surface area contributed by atoms with Crippen LogP contribution in [0.4, 0.5) is 0 Å². The molecule has 9 heavy (non-hydrogen) atoms. The number of hydrogen-bond acceptors (Lipinski definition) is 0. The van der Waals surface area contributed by atoms with Crippen molar-refractivity contribution in [3.05, 3.63) is 6.42 Å². The van der Waals surface area contributed by atoms with Crippen LogP contribution < -0.4 is 0 Å². The van der Waals surface area contributed by atoms with Gasteiger partial charge in [0.2, 0.25) is 0 Å². The summed E-state index contributed by atoms with van der Waals surface area (Å²) in [5.41, 5.74) is 0. The second-order valence-electron chi connectivity index (χ2n) is 3.84. The monoisotopic (exact) mass is 125 g/mol. The van der Waals surface area contributed by atoms with Crippen molar-refractivity contribution < 1.29 is 0 Å². The highest BCUT2D eigenvalue weighted by Crippen LogP contribution is 2.47. The normalized spacial score (nSPS) is 34.0. The first-order valence-electron chi connectivity index (χ1n) is 3.98. The zero-order valence-electron chi connectivity index (χ0n) is 6.89. The van der Waals surface area contributed by atoms with Gasteiger partial charge in [0, 0.05) is 0 Å². The summed E-state index contributed by atoms with van der Waals surface area (Å²) in [6.45, 7) is 9.24. The van der Waals surface area contributed by atoms with Crippen LogP contribution in [0.25, 0.3) is 0 Å². The largest absolute Gasteiger partial charge is 0.0625 e. The Morgan fingerprint density at radius 3 is 1.33 bits per heavy atom. The quantitative estimate of drug-likeness (QED) is 0.532. The van der Waals surface area contributed by atoms with Crippen molar-refractivity contribution >= 4 is 0 Å². The fraction of sp³-hybridized carbons (Fsp3) is 0.889. The smallest absolute Gasteiger partial charge is 0.0313 e. The first-order chi connectivity index (χ1) is 4.13. The van der Waals surface area contributed by atoms with E-state index >= 15 is 0 Å². The van der Waals surface area contributed by atoms with Crippen molar-refractivity contribution in [2.45, 2.75) is 27.7 Å². The van der Waals surface area contributed by atoms with Crippen LogP contribution in [-0.2, 0) is 0 Å². The summed E-state index contributed by atoms with van der Waals surface area (Å²) >= 11 is 0. The minimum absolute atomic E-state index is 0.873. The summed E-state index contributed by atoms with van der Waals surface area (Å²) in [5.74, 6) is 3.62. The lowest BCUT2D eigenvalue weighted by Gasteiger charge is -2.04. The molecule has 0 aliphatic heterocycles. The second-order valence-corrected chi connectivity index (χ2v) is 3.84. The first-order valence-corrected chi connectivity index (χ1v) is 3.98. The van der Waals surface area contributed by atoms with Crippen LogP contribution in [0.15, 0.2) is 0 Å². The van der Waals surface area contributed by atoms with Gasteiger partial charge in [-0.05, 0) is 30.1 Å². The molecule has 0 heteroatoms. The first kappa shape index (κ1) is 7.11. The van der Waals surface area contributed by atoms with Crippen LogP contribution in [0, 0.1) is 30.1 Å². The van der Waals surface area contributed by atoms with Crippen molar-refractivity contribution in [3.63, 3.8) is 0 Å². The van der Waals surface area contributed by atoms with Crippen molar-refractivity contribution in [2.24, 2.45) is 23.7 Å². The van der Waals surface area contributed by atoms with E-state index in [0.29, 0.717) is 0 Å². The Labute approximate surface area is 58.7 Å². The lowest BCUT2D eigenvalue weighted by atomic mass is 10.0. The molecule has 0 aromatic carbocycles. The molecule has 53 valence electrons. The topological polar surface area (TPSA) is 0 Å². The summed E-state index contributed by atoms with van der Waals surface area (Å²) in [6.07, 6.45) is 2.48. The van der Waals surface area contributed by atoms with E-state index < -0.39 is 0 Å². The number of hydrogen-bond donors (Lipinski definition) is 0. The molecule has 0 nitrogen and oxygen atoms in total. The van der Waals surface area contributed by atoms with Crippen molar-refractivity contribution in [1.82, 2.24) is 0 Å². The Morgan fingerprint density at radius 2 is 1.22 bits per heavy atom. The molecule has 0 saturated heterocycles. The number of rotatable bonds is 2. The standard InChI is InChI=1S/C9H17/c1-6(2)8-5-9(8)7(3)4/h5-9H,1-4H3. The van der Waals surface area contributed by atoms with E-state index in [1.807, 2.05) is 0 Å². The van der Waals surface area contributed by atoms with Gasteiger partial charge in [0.05, 0.1) is 0 Å². The van der Waals surface area contributed by atoms with Gasteiger partial charge < -0.3 is 0 Å². The third-order valence-electron chi connectivity index (χ3n) is 2.29. The molecule has 2 atom stereocenters. The molecule has 0 bridgehead atoms. The predicted octanol–water partition coefficient (Wildman–Crippen LogP) is 2.75. The molecule has 0 heterocycles. The van der Waals surface area contributed by atoms with Crippen LogP contribution in [0.2, 0.25) is 0 Å². The molecule has 1 rings (SSSR count). The molecule has 0 amide bonds. The van der Waals surface area contributed by atoms with Crippen LogP contribution >= 0.6 is 0 Å². The van der Waals surface area contributed by atoms with Gasteiger partial charge in [-0.15, -0.1) is 0 Å². The molecular formula is C9H17. The predicted molar refractivity (Wildman–Crippen MR) is 41.0 cm³/mol. The Bertz CT molecular complexity index is 80.2. The molecule has 0 aromatic rings. The Morgan fingerprint density at radius 1 is 0.889 bits per heavy atom. The molecule has 0 aromatic heterocycles. The van der Waals surface area contributed by atoms with Gasteiger partial charge in [-0.25, -0.2) is 0 Å². The van der Waals surface area contributed by atoms with Gasteiger partial charge >= 0.3 is 0 Å². The summed E-state index contributed by atoms with van der Waals surface area (Å²) in [4.78, 5) is 0. The molecule has 1 aliphatic rings. The SMILES string of the molecule is CC(C)C1[CH]C1C(C)C. The van der Waals surface area contributed by atoms with Gasteiger partial charge in [0.25, 0.3) is 0 Å². The van der Waals surface area contributed by atoms with Gasteiger partial charge in [-0.2, -0.15) is 0 Å². The van der Waals surface area contributed by atoms with E-state index in [1.54, 1.807) is 0 Å². The Balaban J connectivity index is 2.24. The van der Waals surface area contributed by atoms with Crippen molar-refractivity contribution in [1.29, 1.82) is 0 Å². The van der Waals surface area contributed by atoms with Gasteiger partial charge in [-0.3, -0.25) is 0 Å². The van der Waals surface area contributed by atoms with Crippen LogP contribution in [0.1, 0.15) is 27.7 Å². The molecule has 2 unspecified atom stereocenters. The maximum absolute atomic E-state index is 2.48. The van der Waals surface area contributed by atoms with E-state index in [4.69, 9.17) is 0 Å². The second kappa shape index (κ2) is 2.32. The minimum Gasteiger partial charge on any atom is -0.0625 e. The average Bonchev–Trinajstić information content (AvgIpc) is 2.39. The fourth-order valence-corrected chi connectivity index (χ4v) is 1.53. The van der Waals surface area contributed by atoms with Crippen LogP contribution in [0.3, 0.4) is 0 Å². The van der Waals surface area contributed by atoms with Gasteiger partial charge in [-0.1, -0.05) is 27.7 Å². The highest BCUT2D eigenvalue weighted by atomic mass is 14.5. The van der Waals surface area contributed by atoms with E-state index in [1.165, 1.54) is 0 Å². The maximum Gasteiger partial charge on any atom is -0.0313 e. The summed E-state index contributed by atoms with van der Waals surface area (Å²) in [7, 11) is 0. The summed E-state index contributed by atoms with van der Waals surface area (Å²) < 4.78 is 0. The average molecular weight is 125 g/mol. The third-order valence-corrected chi connectivity index (χ3v) is 2.29. The van der Waals surface area contributed by atoms with E-state index in [2.05, 4.69) is 34.1 Å². The molecule has 1 saturated carbocycles. The Kier molecular flexibility index (Phi) is 1.83. The lowest BCUT2D eigenvalue weighted by Crippen LogP contribution is -1.97. The van der Waals surface area contributed by atoms with Crippen LogP contribution in [-0.4, -0.2) is 0 Å². The van der Waals surface area contributed by atoms with E-state index in [9.17, 15) is 0 Å². The fourth-order valence-electron chi connectivity index (χ4n) is 1.53. The van der Waals surface area contributed by atoms with Gasteiger partial charge in [0.15, 0.2) is 0 Å². The molecule has 0 spiro atoms. The van der Waals surface area contributed by atoms with Crippen LogP contribution in [0.5, 0.6) is 0 Å². The van der Waals surface area contributed by atoms with Gasteiger partial charge in [0.1, 0.15) is 0 Å². The summed E-state index contributed by atoms with van der Waals surface area (Å²) in [6, 6.07) is 0.